The Balaban J connectivity index is 0.00000363. The zero-order valence-electron chi connectivity index (χ0n) is 17.7. The first kappa shape index (κ1) is 25.3. The number of amides is 1. The summed E-state index contributed by atoms with van der Waals surface area (Å²) in [6, 6.07) is 14.1. The van der Waals surface area contributed by atoms with Crippen LogP contribution >= 0.6 is 0 Å². The molecule has 10 heteroatoms. The van der Waals surface area contributed by atoms with Crippen LogP contribution in [0.3, 0.4) is 0 Å². The van der Waals surface area contributed by atoms with E-state index in [1.54, 1.807) is 32.0 Å². The Morgan fingerprint density at radius 2 is 1.91 bits per heavy atom. The summed E-state index contributed by atoms with van der Waals surface area (Å²) >= 11 is 0. The molecule has 1 heterocycles. The highest BCUT2D eigenvalue weighted by molar-refractivity contribution is 7.92. The van der Waals surface area contributed by atoms with Gasteiger partial charge in [0.15, 0.2) is 0 Å². The zero-order chi connectivity index (χ0) is 22.6. The fourth-order valence-electron chi connectivity index (χ4n) is 2.87. The number of fused-ring (bicyclic) bond motifs is 1. The minimum absolute atomic E-state index is 0. The Labute approximate surface area is 188 Å². The number of H-pyrrole nitrogens is 1. The van der Waals surface area contributed by atoms with Crippen LogP contribution in [0.2, 0.25) is 0 Å². The average Bonchev–Trinajstić information content (AvgIpc) is 3.09. The summed E-state index contributed by atoms with van der Waals surface area (Å²) in [7, 11) is -3.40. The third-order valence-electron chi connectivity index (χ3n) is 4.42. The molecule has 32 heavy (non-hydrogen) atoms. The number of hydrogen-bond donors (Lipinski definition) is 4. The van der Waals surface area contributed by atoms with Crippen molar-refractivity contribution >= 4 is 32.7 Å². The van der Waals surface area contributed by atoms with Gasteiger partial charge in [-0.3, -0.25) is 9.52 Å². The molecule has 2 aromatic carbocycles. The van der Waals surface area contributed by atoms with Crippen molar-refractivity contribution in [2.75, 3.05) is 17.6 Å². The number of nitrogens with one attached hydrogen (secondary N) is 3. The quantitative estimate of drug-likeness (QED) is 0.386. The fraction of sp³-hybridized carbons (Fsp3) is 0.364. The number of benzene rings is 2. The van der Waals surface area contributed by atoms with Crippen molar-refractivity contribution < 1.29 is 17.9 Å². The molecule has 3 aromatic rings. The Morgan fingerprint density at radius 1 is 1.22 bits per heavy atom. The molecule has 3 rings (SSSR count). The molecular weight excluding hydrogens is 430 g/mol. The molecule has 1 atom stereocenters. The molecule has 0 aliphatic carbocycles. The Kier molecular flexibility index (Phi) is 8.00. The molecule has 0 saturated heterocycles. The number of nitrogens with two attached hydrogens (primary N) is 1. The van der Waals surface area contributed by atoms with Crippen LogP contribution in [0.1, 0.15) is 38.7 Å². The highest BCUT2D eigenvalue weighted by Crippen LogP contribution is 2.21. The number of aromatic nitrogens is 2. The normalized spacial score (nSPS) is 12.8. The van der Waals surface area contributed by atoms with Crippen molar-refractivity contribution in [3.8, 4) is 0 Å². The lowest BCUT2D eigenvalue weighted by atomic mass is 10.1. The first-order chi connectivity index (χ1) is 14.5. The third kappa shape index (κ3) is 7.04. The minimum Gasteiger partial charge on any atom is -0.374 e. The molecule has 0 aliphatic heterocycles. The summed E-state index contributed by atoms with van der Waals surface area (Å²) in [5.74, 6) is 0.137. The van der Waals surface area contributed by atoms with Crippen LogP contribution in [-0.4, -0.2) is 42.7 Å². The summed E-state index contributed by atoms with van der Waals surface area (Å²) in [5, 5.41) is 2.88. The number of imidazole rings is 1. The molecule has 174 valence electrons. The van der Waals surface area contributed by atoms with Crippen molar-refractivity contribution in [3.05, 3.63) is 59.9 Å². The van der Waals surface area contributed by atoms with Crippen LogP contribution in [0.4, 0.5) is 5.69 Å². The van der Waals surface area contributed by atoms with Gasteiger partial charge < -0.3 is 20.8 Å². The molecule has 0 unspecified atom stereocenters. The van der Waals surface area contributed by atoms with E-state index in [4.69, 9.17) is 10.5 Å². The summed E-state index contributed by atoms with van der Waals surface area (Å²) in [4.78, 5) is 20.2. The zero-order valence-corrected chi connectivity index (χ0v) is 18.5. The van der Waals surface area contributed by atoms with Crippen LogP contribution in [0.5, 0.6) is 0 Å². The van der Waals surface area contributed by atoms with Crippen LogP contribution in [-0.2, 0) is 26.2 Å². The molecule has 5 N–H and O–H groups in total. The van der Waals surface area contributed by atoms with Gasteiger partial charge in [0, 0.05) is 0 Å². The number of aromatic amines is 1. The second kappa shape index (κ2) is 10.1. The van der Waals surface area contributed by atoms with Gasteiger partial charge in [0.25, 0.3) is 0 Å². The van der Waals surface area contributed by atoms with E-state index in [9.17, 15) is 13.2 Å². The maximum Gasteiger partial charge on any atom is 0.240 e. The van der Waals surface area contributed by atoms with E-state index < -0.39 is 21.6 Å². The fourth-order valence-corrected chi connectivity index (χ4v) is 3.43. The highest BCUT2D eigenvalue weighted by atomic mass is 32.2. The van der Waals surface area contributed by atoms with E-state index in [-0.39, 0.29) is 19.9 Å². The molecule has 0 spiro atoms. The summed E-state index contributed by atoms with van der Waals surface area (Å²) in [5.41, 5.74) is 7.53. The van der Waals surface area contributed by atoms with Crippen LogP contribution in [0.15, 0.2) is 48.5 Å². The van der Waals surface area contributed by atoms with Crippen LogP contribution in [0, 0.1) is 0 Å². The van der Waals surface area contributed by atoms with Gasteiger partial charge in [0.2, 0.25) is 15.9 Å². The van der Waals surface area contributed by atoms with Crippen molar-refractivity contribution in [1.29, 1.82) is 0 Å². The predicted molar refractivity (Wildman–Crippen MR) is 127 cm³/mol. The molecule has 1 amide bonds. The molecule has 0 aliphatic rings. The van der Waals surface area contributed by atoms with Gasteiger partial charge in [0.1, 0.15) is 11.9 Å². The van der Waals surface area contributed by atoms with E-state index in [0.29, 0.717) is 29.2 Å². The van der Waals surface area contributed by atoms with Gasteiger partial charge in [-0.2, -0.15) is 0 Å². The van der Waals surface area contributed by atoms with Gasteiger partial charge in [-0.05, 0) is 37.6 Å². The number of anilines is 1. The predicted octanol–water partition coefficient (Wildman–Crippen LogP) is 2.68. The van der Waals surface area contributed by atoms with Crippen LogP contribution < -0.4 is 15.8 Å². The number of nitrogens with zero attached hydrogens (tertiary/aromatic N) is 1. The van der Waals surface area contributed by atoms with Gasteiger partial charge in [0.05, 0.1) is 41.7 Å². The maximum absolute atomic E-state index is 12.5. The number of ether oxygens (including phenoxy) is 1. The van der Waals surface area contributed by atoms with Gasteiger partial charge in [-0.15, -0.1) is 0 Å². The smallest absolute Gasteiger partial charge is 0.240 e. The second-order valence-electron chi connectivity index (χ2n) is 7.98. The molecule has 0 fully saturated rings. The number of hydrogen-bond acceptors (Lipinski definition) is 6. The average molecular weight is 462 g/mol. The monoisotopic (exact) mass is 461 g/mol. The van der Waals surface area contributed by atoms with Gasteiger partial charge in [-0.1, -0.05) is 37.8 Å². The molecule has 9 nitrogen and oxygen atoms in total. The topological polar surface area (TPSA) is 139 Å². The Morgan fingerprint density at radius 3 is 2.53 bits per heavy atom. The minimum atomic E-state index is -3.40. The Bertz CT molecular complexity index is 1150. The van der Waals surface area contributed by atoms with Gasteiger partial charge in [-0.25, -0.2) is 13.4 Å². The lowest BCUT2D eigenvalue weighted by Crippen LogP contribution is -2.50. The number of sulfonamides is 1. The Hall–Kier alpha value is -2.95. The summed E-state index contributed by atoms with van der Waals surface area (Å²) in [6.07, 6.45) is 1.08. The largest absolute Gasteiger partial charge is 0.374 e. The van der Waals surface area contributed by atoms with E-state index in [1.165, 1.54) is 0 Å². The van der Waals surface area contributed by atoms with E-state index in [1.807, 2.05) is 30.3 Å². The molecule has 0 bridgehead atoms. The lowest BCUT2D eigenvalue weighted by Gasteiger charge is -2.23. The first-order valence-electron chi connectivity index (χ1n) is 9.70. The van der Waals surface area contributed by atoms with Crippen molar-refractivity contribution in [2.24, 2.45) is 5.73 Å². The number of carbonyl (C=O) groups excluding carboxylic acids is 1. The van der Waals surface area contributed by atoms with E-state index in [2.05, 4.69) is 20.0 Å². The van der Waals surface area contributed by atoms with E-state index in [0.717, 1.165) is 11.8 Å². The van der Waals surface area contributed by atoms with Crippen LogP contribution in [0.25, 0.3) is 11.0 Å². The van der Waals surface area contributed by atoms with Gasteiger partial charge >= 0.3 is 0 Å². The van der Waals surface area contributed by atoms with E-state index >= 15 is 0 Å². The highest BCUT2D eigenvalue weighted by Gasteiger charge is 2.27. The van der Waals surface area contributed by atoms with Crippen molar-refractivity contribution in [2.45, 2.75) is 39.5 Å². The molecule has 1 aromatic heterocycles. The lowest BCUT2D eigenvalue weighted by molar-refractivity contribution is -0.126. The second-order valence-corrected chi connectivity index (χ2v) is 9.73. The summed E-state index contributed by atoms with van der Waals surface area (Å²) < 4.78 is 31.2. The number of carbonyl (C=O) groups is 1. The molecular formula is C22H31N5O4S. The standard InChI is InChI=1S/C21H27N5O4S.CH4/c1-21(2,22)20(27)25-18(13-30-12-14-7-5-4-6-8-14)19-23-16-10-9-15(11-17(16)24-19)26-31(3,28)29;/h4-11,18,26H,12-13,22H2,1-3H3,(H,23,24)(H,25,27);1H4/t18-;/m1./s1. The SMILES string of the molecule is C.CC(C)(N)C(=O)N[C@H](COCc1ccccc1)c1nc2ccc(NS(C)(=O)=O)cc2[nH]1. The number of rotatable bonds is 9. The third-order valence-corrected chi connectivity index (χ3v) is 5.03. The van der Waals surface area contributed by atoms with Crippen molar-refractivity contribution in [1.82, 2.24) is 15.3 Å². The molecule has 0 saturated carbocycles. The molecule has 0 radical (unpaired) electrons. The summed E-state index contributed by atoms with van der Waals surface area (Å²) in [6.45, 7) is 3.78. The first-order valence-corrected chi connectivity index (χ1v) is 11.6. The van der Waals surface area contributed by atoms with Crippen molar-refractivity contribution in [3.63, 3.8) is 0 Å². The maximum atomic E-state index is 12.5.